The highest BCUT2D eigenvalue weighted by Crippen LogP contribution is 2.36. The van der Waals surface area contributed by atoms with Gasteiger partial charge in [0.15, 0.2) is 5.79 Å². The SMILES string of the molecule is CC(C)OC(=O)COC1CCC2(CC1)OCCO2. The largest absolute Gasteiger partial charge is 0.461 e. The highest BCUT2D eigenvalue weighted by atomic mass is 16.7. The molecule has 1 heterocycles. The summed E-state index contributed by atoms with van der Waals surface area (Å²) in [6.45, 7) is 5.07. The molecule has 0 aromatic carbocycles. The van der Waals surface area contributed by atoms with Crippen LogP contribution in [0.25, 0.3) is 0 Å². The summed E-state index contributed by atoms with van der Waals surface area (Å²) in [5.74, 6) is -0.656. The molecular formula is C13H22O5. The minimum atomic E-state index is -0.363. The summed E-state index contributed by atoms with van der Waals surface area (Å²) in [7, 11) is 0. The van der Waals surface area contributed by atoms with E-state index in [4.69, 9.17) is 18.9 Å². The van der Waals surface area contributed by atoms with Crippen LogP contribution in [0.15, 0.2) is 0 Å². The average Bonchev–Trinajstić information content (AvgIpc) is 2.76. The van der Waals surface area contributed by atoms with E-state index in [-0.39, 0.29) is 30.6 Å². The first-order valence-corrected chi connectivity index (χ1v) is 6.69. The number of esters is 1. The Bertz CT molecular complexity index is 273. The standard InChI is InChI=1S/C13H22O5/c1-10(2)18-12(14)9-15-11-3-5-13(6-4-11)16-7-8-17-13/h10-11H,3-9H2,1-2H3. The summed E-state index contributed by atoms with van der Waals surface area (Å²) in [5.41, 5.74) is 0. The summed E-state index contributed by atoms with van der Waals surface area (Å²) in [5, 5.41) is 0. The van der Waals surface area contributed by atoms with Crippen LogP contribution in [0.1, 0.15) is 39.5 Å². The van der Waals surface area contributed by atoms with E-state index < -0.39 is 0 Å². The monoisotopic (exact) mass is 258 g/mol. The van der Waals surface area contributed by atoms with E-state index in [0.29, 0.717) is 13.2 Å². The third-order valence-electron chi connectivity index (χ3n) is 3.31. The van der Waals surface area contributed by atoms with Gasteiger partial charge in [-0.3, -0.25) is 0 Å². The van der Waals surface area contributed by atoms with Crippen molar-refractivity contribution in [2.24, 2.45) is 0 Å². The summed E-state index contributed by atoms with van der Waals surface area (Å²) >= 11 is 0. The molecule has 0 unspecified atom stereocenters. The van der Waals surface area contributed by atoms with Crippen molar-refractivity contribution in [3.8, 4) is 0 Å². The second kappa shape index (κ2) is 5.99. The fraction of sp³-hybridized carbons (Fsp3) is 0.923. The van der Waals surface area contributed by atoms with Gasteiger partial charge in [0.1, 0.15) is 6.61 Å². The Morgan fingerprint density at radius 2 is 1.89 bits per heavy atom. The molecule has 5 nitrogen and oxygen atoms in total. The molecule has 2 fully saturated rings. The van der Waals surface area contributed by atoms with Crippen LogP contribution in [0.4, 0.5) is 0 Å². The molecule has 0 bridgehead atoms. The van der Waals surface area contributed by atoms with Gasteiger partial charge in [0, 0.05) is 12.8 Å². The van der Waals surface area contributed by atoms with Crippen molar-refractivity contribution in [1.29, 1.82) is 0 Å². The number of carbonyl (C=O) groups is 1. The summed E-state index contributed by atoms with van der Waals surface area (Å²) < 4.78 is 21.9. The van der Waals surface area contributed by atoms with Gasteiger partial charge in [-0.15, -0.1) is 0 Å². The minimum Gasteiger partial charge on any atom is -0.461 e. The molecule has 1 aliphatic carbocycles. The maximum Gasteiger partial charge on any atom is 0.332 e. The van der Waals surface area contributed by atoms with E-state index in [0.717, 1.165) is 25.7 Å². The average molecular weight is 258 g/mol. The molecule has 0 aromatic rings. The van der Waals surface area contributed by atoms with Gasteiger partial charge in [0.05, 0.1) is 25.4 Å². The lowest BCUT2D eigenvalue weighted by atomic mass is 9.92. The zero-order chi connectivity index (χ0) is 13.0. The lowest BCUT2D eigenvalue weighted by Gasteiger charge is -2.35. The van der Waals surface area contributed by atoms with Crippen molar-refractivity contribution in [2.75, 3.05) is 19.8 Å². The third-order valence-corrected chi connectivity index (χ3v) is 3.31. The van der Waals surface area contributed by atoms with Crippen LogP contribution in [0.3, 0.4) is 0 Å². The Balaban J connectivity index is 1.66. The molecule has 0 N–H and O–H groups in total. The molecule has 1 aliphatic heterocycles. The van der Waals surface area contributed by atoms with Gasteiger partial charge in [-0.1, -0.05) is 0 Å². The number of carbonyl (C=O) groups excluding carboxylic acids is 1. The fourth-order valence-corrected chi connectivity index (χ4v) is 2.47. The predicted octanol–water partition coefficient (Wildman–Crippen LogP) is 1.64. The Morgan fingerprint density at radius 1 is 1.28 bits per heavy atom. The minimum absolute atomic E-state index is 0.0392. The van der Waals surface area contributed by atoms with Gasteiger partial charge >= 0.3 is 5.97 Å². The van der Waals surface area contributed by atoms with E-state index in [1.807, 2.05) is 13.8 Å². The zero-order valence-electron chi connectivity index (χ0n) is 11.1. The number of hydrogen-bond acceptors (Lipinski definition) is 5. The van der Waals surface area contributed by atoms with Crippen LogP contribution < -0.4 is 0 Å². The molecule has 0 aromatic heterocycles. The quantitative estimate of drug-likeness (QED) is 0.717. The fourth-order valence-electron chi connectivity index (χ4n) is 2.47. The number of rotatable bonds is 4. The van der Waals surface area contributed by atoms with E-state index >= 15 is 0 Å². The van der Waals surface area contributed by atoms with Crippen LogP contribution >= 0.6 is 0 Å². The highest BCUT2D eigenvalue weighted by molar-refractivity contribution is 5.70. The van der Waals surface area contributed by atoms with Gasteiger partial charge in [0.2, 0.25) is 0 Å². The lowest BCUT2D eigenvalue weighted by molar-refractivity contribution is -0.193. The Hall–Kier alpha value is -0.650. The Morgan fingerprint density at radius 3 is 2.44 bits per heavy atom. The topological polar surface area (TPSA) is 54.0 Å². The summed E-state index contributed by atoms with van der Waals surface area (Å²) in [6.07, 6.45) is 3.46. The van der Waals surface area contributed by atoms with Crippen LogP contribution in [-0.2, 0) is 23.7 Å². The Kier molecular flexibility index (Phi) is 4.59. The van der Waals surface area contributed by atoms with Crippen molar-refractivity contribution < 1.29 is 23.7 Å². The molecular weight excluding hydrogens is 236 g/mol. The van der Waals surface area contributed by atoms with E-state index in [1.54, 1.807) is 0 Å². The van der Waals surface area contributed by atoms with Crippen molar-refractivity contribution in [2.45, 2.75) is 57.5 Å². The van der Waals surface area contributed by atoms with Crippen LogP contribution in [0.2, 0.25) is 0 Å². The molecule has 1 saturated carbocycles. The van der Waals surface area contributed by atoms with Crippen molar-refractivity contribution in [3.05, 3.63) is 0 Å². The lowest BCUT2D eigenvalue weighted by Crippen LogP contribution is -2.38. The maximum absolute atomic E-state index is 11.3. The molecule has 2 rings (SSSR count). The molecule has 104 valence electrons. The summed E-state index contributed by atoms with van der Waals surface area (Å²) in [4.78, 5) is 11.3. The number of ether oxygens (including phenoxy) is 4. The predicted molar refractivity (Wildman–Crippen MR) is 64.1 cm³/mol. The van der Waals surface area contributed by atoms with Gasteiger partial charge in [-0.25, -0.2) is 4.79 Å². The molecule has 2 aliphatic rings. The Labute approximate surface area is 108 Å². The maximum atomic E-state index is 11.3. The highest BCUT2D eigenvalue weighted by Gasteiger charge is 2.40. The van der Waals surface area contributed by atoms with Crippen molar-refractivity contribution in [1.82, 2.24) is 0 Å². The third kappa shape index (κ3) is 3.67. The van der Waals surface area contributed by atoms with Crippen LogP contribution in [0, 0.1) is 0 Å². The van der Waals surface area contributed by atoms with Gasteiger partial charge in [-0.05, 0) is 26.7 Å². The zero-order valence-corrected chi connectivity index (χ0v) is 11.1. The normalized spacial score (nSPS) is 23.7. The molecule has 0 radical (unpaired) electrons. The van der Waals surface area contributed by atoms with E-state index in [1.165, 1.54) is 0 Å². The second-order valence-electron chi connectivity index (χ2n) is 5.16. The summed E-state index contributed by atoms with van der Waals surface area (Å²) in [6, 6.07) is 0. The first kappa shape index (κ1) is 13.8. The molecule has 0 amide bonds. The molecule has 1 saturated heterocycles. The van der Waals surface area contributed by atoms with Crippen LogP contribution in [-0.4, -0.2) is 43.8 Å². The van der Waals surface area contributed by atoms with Gasteiger partial charge in [0.25, 0.3) is 0 Å². The molecule has 0 atom stereocenters. The molecule has 18 heavy (non-hydrogen) atoms. The molecule has 5 heteroatoms. The first-order chi connectivity index (χ1) is 8.60. The smallest absolute Gasteiger partial charge is 0.332 e. The van der Waals surface area contributed by atoms with E-state index in [2.05, 4.69) is 0 Å². The first-order valence-electron chi connectivity index (χ1n) is 6.69. The van der Waals surface area contributed by atoms with Crippen LogP contribution in [0.5, 0.6) is 0 Å². The van der Waals surface area contributed by atoms with E-state index in [9.17, 15) is 4.79 Å². The van der Waals surface area contributed by atoms with Gasteiger partial charge < -0.3 is 18.9 Å². The molecule has 1 spiro atoms. The second-order valence-corrected chi connectivity index (χ2v) is 5.16. The van der Waals surface area contributed by atoms with Crippen molar-refractivity contribution >= 4 is 5.97 Å². The van der Waals surface area contributed by atoms with Gasteiger partial charge in [-0.2, -0.15) is 0 Å². The number of hydrogen-bond donors (Lipinski definition) is 0. The van der Waals surface area contributed by atoms with Crippen molar-refractivity contribution in [3.63, 3.8) is 0 Å².